The van der Waals surface area contributed by atoms with Crippen LogP contribution in [0.15, 0.2) is 28.3 Å². The van der Waals surface area contributed by atoms with Gasteiger partial charge in [-0.1, -0.05) is 6.07 Å². The van der Waals surface area contributed by atoms with Crippen LogP contribution in [-0.2, 0) is 26.7 Å². The van der Waals surface area contributed by atoms with E-state index in [4.69, 9.17) is 9.73 Å². The van der Waals surface area contributed by atoms with Crippen molar-refractivity contribution in [3.63, 3.8) is 0 Å². The molecule has 0 spiro atoms. The van der Waals surface area contributed by atoms with Gasteiger partial charge in [0.25, 0.3) is 5.69 Å². The van der Waals surface area contributed by atoms with Crippen molar-refractivity contribution in [1.29, 1.82) is 0 Å². The average molecular weight is 481 g/mol. The highest BCUT2D eigenvalue weighted by atomic mass is 32.2. The Balaban J connectivity index is 2.26. The van der Waals surface area contributed by atoms with Crippen molar-refractivity contribution >= 4 is 34.5 Å². The zero-order valence-corrected chi connectivity index (χ0v) is 20.0. The zero-order valence-electron chi connectivity index (χ0n) is 19.2. The first-order valence-corrected chi connectivity index (χ1v) is 11.8. The summed E-state index contributed by atoms with van der Waals surface area (Å²) in [4.78, 5) is 28.5. The van der Waals surface area contributed by atoms with E-state index in [1.54, 1.807) is 33.8 Å². The van der Waals surface area contributed by atoms with E-state index >= 15 is 0 Å². The number of ether oxygens (including phenoxy) is 1. The number of nitrogens with zero attached hydrogens (tertiary/aromatic N) is 5. The third kappa shape index (κ3) is 4.36. The van der Waals surface area contributed by atoms with Gasteiger partial charge in [-0.25, -0.2) is 28.0 Å². The van der Waals surface area contributed by atoms with Crippen molar-refractivity contribution < 1.29 is 22.9 Å². The van der Waals surface area contributed by atoms with E-state index in [9.17, 15) is 23.3 Å². The smallest absolute Gasteiger partial charge is 0.437 e. The number of nitrogens with one attached hydrogen (secondary N) is 1. The minimum Gasteiger partial charge on any atom is -0.442 e. The highest BCUT2D eigenvalue weighted by molar-refractivity contribution is 7.90. The minimum absolute atomic E-state index is 0.168. The van der Waals surface area contributed by atoms with Crippen molar-refractivity contribution in [2.45, 2.75) is 63.3 Å². The standard InChI is InChI=1S/C20H28N6O6S/c1-19(2,3)32-18(27)25(23-21-5)17-22-20(4)15-12-14(26(28)29)11-10-13(15)8-7-9-16(20)33(30,31)24(17)6/h10-12,16,23H,5,7-9H2,1-4,6H3/t16-,20-/m1/s1. The van der Waals surface area contributed by atoms with Crippen LogP contribution in [0.5, 0.6) is 0 Å². The molecule has 0 bridgehead atoms. The van der Waals surface area contributed by atoms with Crippen LogP contribution in [0, 0.1) is 10.1 Å². The largest absolute Gasteiger partial charge is 0.442 e. The van der Waals surface area contributed by atoms with Gasteiger partial charge in [0.1, 0.15) is 16.4 Å². The third-order valence-corrected chi connectivity index (χ3v) is 8.03. The molecule has 1 aromatic rings. The van der Waals surface area contributed by atoms with Crippen molar-refractivity contribution in [1.82, 2.24) is 14.8 Å². The summed E-state index contributed by atoms with van der Waals surface area (Å²) in [6, 6.07) is 4.40. The normalized spacial score (nSPS) is 23.8. The Hall–Kier alpha value is -3.22. The molecular formula is C20H28N6O6S. The quantitative estimate of drug-likeness (QED) is 0.397. The van der Waals surface area contributed by atoms with E-state index in [2.05, 4.69) is 17.4 Å². The van der Waals surface area contributed by atoms with Gasteiger partial charge in [0, 0.05) is 25.9 Å². The number of fused-ring (bicyclic) bond motifs is 3. The second-order valence-corrected chi connectivity index (χ2v) is 11.3. The lowest BCUT2D eigenvalue weighted by atomic mass is 9.86. The number of hydrazone groups is 1. The molecule has 13 heteroatoms. The van der Waals surface area contributed by atoms with Crippen molar-refractivity contribution in [3.8, 4) is 0 Å². The van der Waals surface area contributed by atoms with Gasteiger partial charge in [-0.15, -0.1) is 5.01 Å². The summed E-state index contributed by atoms with van der Waals surface area (Å²) in [6.45, 7) is 9.90. The van der Waals surface area contributed by atoms with E-state index in [1.807, 2.05) is 0 Å². The number of hydrogen-bond donors (Lipinski definition) is 1. The topological polar surface area (TPSA) is 147 Å². The van der Waals surface area contributed by atoms with Gasteiger partial charge in [0.15, 0.2) is 0 Å². The van der Waals surface area contributed by atoms with Crippen molar-refractivity contribution in [2.24, 2.45) is 10.1 Å². The molecule has 0 saturated carbocycles. The first kappa shape index (κ1) is 24.4. The Kier molecular flexibility index (Phi) is 6.13. The van der Waals surface area contributed by atoms with Crippen molar-refractivity contribution in [2.75, 3.05) is 7.05 Å². The number of nitro groups is 1. The Morgan fingerprint density at radius 3 is 2.70 bits per heavy atom. The van der Waals surface area contributed by atoms with Crippen LogP contribution in [0.25, 0.3) is 0 Å². The SMILES string of the molecule is C=NNN(C(=O)OC(C)(C)C)C1=N[C@]2(C)c3cc([N+](=O)[O-])ccc3CCC[C@H]2S(=O)(=O)N1C. The number of hydrogen-bond acceptors (Lipinski definition) is 9. The van der Waals surface area contributed by atoms with Gasteiger partial charge in [-0.05, 0) is 58.1 Å². The molecular weight excluding hydrogens is 452 g/mol. The molecule has 1 N–H and O–H groups in total. The lowest BCUT2D eigenvalue weighted by Gasteiger charge is -2.43. The lowest BCUT2D eigenvalue weighted by molar-refractivity contribution is -0.385. The molecule has 1 aliphatic carbocycles. The number of sulfonamides is 1. The first-order valence-electron chi connectivity index (χ1n) is 10.3. The summed E-state index contributed by atoms with van der Waals surface area (Å²) in [5, 5.41) is 14.7. The molecule has 0 aromatic heterocycles. The molecule has 0 radical (unpaired) electrons. The highest BCUT2D eigenvalue weighted by Crippen LogP contribution is 2.45. The van der Waals surface area contributed by atoms with Crippen molar-refractivity contribution in [3.05, 3.63) is 39.4 Å². The molecule has 1 amide bonds. The predicted molar refractivity (Wildman–Crippen MR) is 122 cm³/mol. The molecule has 1 aromatic carbocycles. The van der Waals surface area contributed by atoms with Crippen LogP contribution in [0.1, 0.15) is 51.7 Å². The summed E-state index contributed by atoms with van der Waals surface area (Å²) >= 11 is 0. The number of non-ortho nitro benzene ring substituents is 1. The number of aliphatic imine (C=N–C) groups is 1. The number of hydrazine groups is 1. The first-order chi connectivity index (χ1) is 15.2. The maximum absolute atomic E-state index is 13.6. The lowest BCUT2D eigenvalue weighted by Crippen LogP contribution is -2.61. The molecule has 180 valence electrons. The maximum atomic E-state index is 13.6. The average Bonchev–Trinajstić information content (AvgIpc) is 2.85. The Morgan fingerprint density at radius 2 is 2.12 bits per heavy atom. The van der Waals surface area contributed by atoms with E-state index in [0.29, 0.717) is 24.8 Å². The van der Waals surface area contributed by atoms with Gasteiger partial charge >= 0.3 is 6.09 Å². The predicted octanol–water partition coefficient (Wildman–Crippen LogP) is 2.50. The molecule has 2 atom stereocenters. The molecule has 12 nitrogen and oxygen atoms in total. The van der Waals surface area contributed by atoms with Crippen LogP contribution in [0.4, 0.5) is 10.5 Å². The highest BCUT2D eigenvalue weighted by Gasteiger charge is 2.54. The second-order valence-electron chi connectivity index (χ2n) is 9.13. The van der Waals surface area contributed by atoms with E-state index in [1.165, 1.54) is 19.2 Å². The fourth-order valence-corrected chi connectivity index (χ4v) is 6.15. The maximum Gasteiger partial charge on any atom is 0.437 e. The Labute approximate surface area is 192 Å². The summed E-state index contributed by atoms with van der Waals surface area (Å²) in [5.41, 5.74) is 1.11. The zero-order chi connectivity index (χ0) is 24.8. The Morgan fingerprint density at radius 1 is 1.45 bits per heavy atom. The molecule has 33 heavy (non-hydrogen) atoms. The monoisotopic (exact) mass is 480 g/mol. The molecule has 0 saturated heterocycles. The molecule has 1 aliphatic heterocycles. The van der Waals surface area contributed by atoms with Gasteiger partial charge in [-0.3, -0.25) is 10.1 Å². The number of amides is 1. The van der Waals surface area contributed by atoms with Crippen LogP contribution >= 0.6 is 0 Å². The number of carbonyl (C=O) groups is 1. The summed E-state index contributed by atoms with van der Waals surface area (Å²) in [5.74, 6) is -0.283. The fourth-order valence-electron chi connectivity index (χ4n) is 4.19. The van der Waals surface area contributed by atoms with Crippen LogP contribution in [0.2, 0.25) is 0 Å². The summed E-state index contributed by atoms with van der Waals surface area (Å²) < 4.78 is 33.5. The van der Waals surface area contributed by atoms with Gasteiger partial charge in [0.2, 0.25) is 16.0 Å². The fraction of sp³-hybridized carbons (Fsp3) is 0.550. The van der Waals surface area contributed by atoms with Crippen LogP contribution in [-0.4, -0.2) is 59.3 Å². The molecule has 1 heterocycles. The van der Waals surface area contributed by atoms with E-state index in [-0.39, 0.29) is 11.6 Å². The number of nitro benzene ring substituents is 1. The minimum atomic E-state index is -4.03. The molecule has 0 unspecified atom stereocenters. The van der Waals surface area contributed by atoms with Crippen LogP contribution in [0.3, 0.4) is 0 Å². The second kappa shape index (κ2) is 8.28. The summed E-state index contributed by atoms with van der Waals surface area (Å²) in [6.07, 6.45) is 0.463. The molecule has 3 rings (SSSR count). The van der Waals surface area contributed by atoms with Gasteiger partial charge in [0.05, 0.1) is 4.92 Å². The third-order valence-electron chi connectivity index (χ3n) is 5.69. The number of aryl methyl sites for hydroxylation is 1. The molecule has 2 aliphatic rings. The van der Waals surface area contributed by atoms with Crippen LogP contribution < -0.4 is 5.53 Å². The van der Waals surface area contributed by atoms with E-state index in [0.717, 1.165) is 14.9 Å². The summed E-state index contributed by atoms with van der Waals surface area (Å²) in [7, 11) is -2.74. The van der Waals surface area contributed by atoms with Gasteiger partial charge in [-0.2, -0.15) is 5.10 Å². The Bertz CT molecular complexity index is 1130. The number of benzene rings is 1. The number of rotatable bonds is 3. The number of carbonyl (C=O) groups excluding carboxylic acids is 1. The number of guanidine groups is 1. The van der Waals surface area contributed by atoms with E-state index < -0.39 is 37.4 Å². The molecule has 0 fully saturated rings. The van der Waals surface area contributed by atoms with Gasteiger partial charge < -0.3 is 4.74 Å².